The zero-order valence-electron chi connectivity index (χ0n) is 16.4. The molecule has 9 heteroatoms. The average Bonchev–Trinajstić information content (AvgIpc) is 3.02. The third kappa shape index (κ3) is 4.06. The number of anilines is 3. The Morgan fingerprint density at radius 1 is 1.34 bits per heavy atom. The summed E-state index contributed by atoms with van der Waals surface area (Å²) in [6.07, 6.45) is 0. The van der Waals surface area contributed by atoms with Crippen molar-refractivity contribution in [3.05, 3.63) is 34.7 Å². The van der Waals surface area contributed by atoms with Crippen molar-refractivity contribution in [2.45, 2.75) is 19.8 Å². The van der Waals surface area contributed by atoms with Crippen LogP contribution in [0.4, 0.5) is 16.6 Å². The van der Waals surface area contributed by atoms with Crippen LogP contribution in [0.1, 0.15) is 35.0 Å². The van der Waals surface area contributed by atoms with Gasteiger partial charge in [-0.25, -0.2) is 4.98 Å². The number of hydrogen-bond donors (Lipinski definition) is 3. The number of ether oxygens (including phenoxy) is 1. The van der Waals surface area contributed by atoms with Crippen molar-refractivity contribution in [3.63, 3.8) is 0 Å². The number of carboxylic acids is 1. The molecule has 1 spiro atoms. The summed E-state index contributed by atoms with van der Waals surface area (Å²) in [6.45, 7) is 7.10. The van der Waals surface area contributed by atoms with Gasteiger partial charge in [0.2, 0.25) is 0 Å². The first-order chi connectivity index (χ1) is 13.8. The van der Waals surface area contributed by atoms with E-state index in [0.29, 0.717) is 22.3 Å². The van der Waals surface area contributed by atoms with Crippen molar-refractivity contribution in [3.8, 4) is 0 Å². The monoisotopic (exact) mass is 416 g/mol. The summed E-state index contributed by atoms with van der Waals surface area (Å²) in [5.74, 6) is -0.658. The number of aliphatic carboxylic acids is 1. The van der Waals surface area contributed by atoms with E-state index < -0.39 is 5.97 Å². The third-order valence-corrected chi connectivity index (χ3v) is 6.29. The van der Waals surface area contributed by atoms with E-state index in [2.05, 4.69) is 34.4 Å². The van der Waals surface area contributed by atoms with Gasteiger partial charge in [0.1, 0.15) is 11.4 Å². The molecule has 2 aliphatic rings. The Labute approximate surface area is 172 Å². The summed E-state index contributed by atoms with van der Waals surface area (Å²) in [4.78, 5) is 30.9. The van der Waals surface area contributed by atoms with Gasteiger partial charge in [0.15, 0.2) is 10.9 Å². The molecule has 29 heavy (non-hydrogen) atoms. The Kier molecular flexibility index (Phi) is 5.18. The Morgan fingerprint density at radius 3 is 2.72 bits per heavy atom. The van der Waals surface area contributed by atoms with Gasteiger partial charge in [-0.05, 0) is 23.6 Å². The van der Waals surface area contributed by atoms with E-state index in [0.717, 1.165) is 37.0 Å². The third-order valence-electron chi connectivity index (χ3n) is 5.18. The molecule has 154 valence electrons. The molecule has 2 aliphatic heterocycles. The lowest BCUT2D eigenvalue weighted by atomic mass is 9.78. The Morgan fingerprint density at radius 2 is 2.10 bits per heavy atom. The van der Waals surface area contributed by atoms with Crippen molar-refractivity contribution in [1.29, 1.82) is 0 Å². The van der Waals surface area contributed by atoms with Gasteiger partial charge >= 0.3 is 5.97 Å². The lowest BCUT2D eigenvalue weighted by Crippen LogP contribution is -2.66. The van der Waals surface area contributed by atoms with Crippen LogP contribution in [-0.4, -0.2) is 54.8 Å². The second-order valence-electron chi connectivity index (χ2n) is 8.00. The molecular weight excluding hydrogens is 392 g/mol. The van der Waals surface area contributed by atoms with E-state index in [1.54, 1.807) is 0 Å². The van der Waals surface area contributed by atoms with Crippen LogP contribution in [0.5, 0.6) is 0 Å². The molecule has 4 rings (SSSR count). The lowest BCUT2D eigenvalue weighted by molar-refractivity contribution is -0.134. The molecule has 2 saturated heterocycles. The first-order valence-corrected chi connectivity index (χ1v) is 10.4. The number of aromatic nitrogens is 1. The fourth-order valence-electron chi connectivity index (χ4n) is 3.51. The second kappa shape index (κ2) is 7.64. The number of carbonyl (C=O) groups excluding carboxylic acids is 1. The number of benzene rings is 1. The van der Waals surface area contributed by atoms with Gasteiger partial charge < -0.3 is 25.4 Å². The summed E-state index contributed by atoms with van der Waals surface area (Å²) >= 11 is 1.27. The molecule has 3 heterocycles. The number of nitrogens with one attached hydrogen (secondary N) is 2. The highest BCUT2D eigenvalue weighted by Gasteiger charge is 2.50. The molecule has 0 aliphatic carbocycles. The van der Waals surface area contributed by atoms with Gasteiger partial charge in [0, 0.05) is 18.8 Å². The van der Waals surface area contributed by atoms with Gasteiger partial charge in [0.25, 0.3) is 5.91 Å². The summed E-state index contributed by atoms with van der Waals surface area (Å²) in [6, 6.07) is 7.72. The molecule has 3 N–H and O–H groups in total. The zero-order valence-corrected chi connectivity index (χ0v) is 17.2. The summed E-state index contributed by atoms with van der Waals surface area (Å²) < 4.78 is 5.30. The highest BCUT2D eigenvalue weighted by atomic mass is 32.1. The first kappa shape index (κ1) is 19.7. The highest BCUT2D eigenvalue weighted by molar-refractivity contribution is 7.18. The minimum Gasteiger partial charge on any atom is -0.480 e. The van der Waals surface area contributed by atoms with Crippen LogP contribution in [0.25, 0.3) is 0 Å². The van der Waals surface area contributed by atoms with Crippen LogP contribution in [0, 0.1) is 5.41 Å². The van der Waals surface area contributed by atoms with E-state index in [9.17, 15) is 9.59 Å². The van der Waals surface area contributed by atoms with Crippen LogP contribution >= 0.6 is 11.3 Å². The second-order valence-corrected chi connectivity index (χ2v) is 8.98. The Hall–Kier alpha value is -2.65. The molecular formula is C20H24N4O4S. The number of nitrogens with zero attached hydrogens (tertiary/aromatic N) is 2. The van der Waals surface area contributed by atoms with Crippen LogP contribution < -0.4 is 15.5 Å². The predicted molar refractivity (Wildman–Crippen MR) is 112 cm³/mol. The first-order valence-electron chi connectivity index (χ1n) is 9.56. The number of carboxylic acid groups (broad SMARTS) is 1. The molecule has 0 saturated carbocycles. The maximum Gasteiger partial charge on any atom is 0.322 e. The molecule has 0 atom stereocenters. The van der Waals surface area contributed by atoms with Crippen LogP contribution in [0.3, 0.4) is 0 Å². The fraction of sp³-hybridized carbons (Fsp3) is 0.450. The van der Waals surface area contributed by atoms with Gasteiger partial charge in [-0.15, -0.1) is 0 Å². The van der Waals surface area contributed by atoms with E-state index >= 15 is 0 Å². The largest absolute Gasteiger partial charge is 0.480 e. The minimum atomic E-state index is -1.01. The predicted octanol–water partition coefficient (Wildman–Crippen LogP) is 2.85. The zero-order chi connectivity index (χ0) is 20.6. The quantitative estimate of drug-likeness (QED) is 0.638. The number of carbonyl (C=O) groups is 2. The SMILES string of the molecule is CC(C)c1cccc(NC(=O)c2sc(N3CC4(COC4)C3)nc2NCC(=O)O)c1. The van der Waals surface area contributed by atoms with Gasteiger partial charge in [-0.3, -0.25) is 9.59 Å². The Bertz CT molecular complexity index is 930. The molecule has 1 aromatic heterocycles. The van der Waals surface area contributed by atoms with Gasteiger partial charge in [-0.1, -0.05) is 37.3 Å². The van der Waals surface area contributed by atoms with Crippen LogP contribution in [-0.2, 0) is 9.53 Å². The molecule has 1 aromatic carbocycles. The minimum absolute atomic E-state index is 0.222. The van der Waals surface area contributed by atoms with E-state index in [1.807, 2.05) is 24.3 Å². The standard InChI is InChI=1S/C20H24N4O4S/c1-12(2)13-4-3-5-14(6-13)22-18(27)16-17(21-7-15(25)26)23-19(29-16)24-8-20(9-24)10-28-11-20/h3-6,12,21H,7-11H2,1-2H3,(H,22,27)(H,25,26). The number of thiazole rings is 1. The van der Waals surface area contributed by atoms with Gasteiger partial charge in [-0.2, -0.15) is 0 Å². The molecule has 1 amide bonds. The van der Waals surface area contributed by atoms with E-state index in [4.69, 9.17) is 9.84 Å². The smallest absolute Gasteiger partial charge is 0.322 e. The van der Waals surface area contributed by atoms with E-state index in [1.165, 1.54) is 11.3 Å². The normalized spacial score (nSPS) is 17.0. The Balaban J connectivity index is 1.53. The summed E-state index contributed by atoms with van der Waals surface area (Å²) in [7, 11) is 0. The van der Waals surface area contributed by atoms with Gasteiger partial charge in [0.05, 0.1) is 18.6 Å². The van der Waals surface area contributed by atoms with Crippen molar-refractivity contribution < 1.29 is 19.4 Å². The molecule has 0 unspecified atom stereocenters. The molecule has 2 fully saturated rings. The topological polar surface area (TPSA) is 104 Å². The van der Waals surface area contributed by atoms with Crippen molar-refractivity contribution in [1.82, 2.24) is 4.98 Å². The molecule has 0 bridgehead atoms. The molecule has 2 aromatic rings. The number of amides is 1. The number of rotatable bonds is 7. The summed E-state index contributed by atoms with van der Waals surface area (Å²) in [5.41, 5.74) is 2.06. The number of hydrogen-bond acceptors (Lipinski definition) is 7. The molecule has 8 nitrogen and oxygen atoms in total. The van der Waals surface area contributed by atoms with E-state index in [-0.39, 0.29) is 17.9 Å². The fourth-order valence-corrected chi connectivity index (χ4v) is 4.45. The van der Waals surface area contributed by atoms with Crippen molar-refractivity contribution >= 4 is 39.9 Å². The van der Waals surface area contributed by atoms with Crippen LogP contribution in [0.2, 0.25) is 0 Å². The maximum atomic E-state index is 12.9. The van der Waals surface area contributed by atoms with Crippen molar-refractivity contribution in [2.75, 3.05) is 48.4 Å². The van der Waals surface area contributed by atoms with Crippen LogP contribution in [0.15, 0.2) is 24.3 Å². The maximum absolute atomic E-state index is 12.9. The lowest BCUT2D eigenvalue weighted by Gasteiger charge is -2.54. The highest BCUT2D eigenvalue weighted by Crippen LogP contribution is 2.42. The molecule has 0 radical (unpaired) electrons. The summed E-state index contributed by atoms with van der Waals surface area (Å²) in [5, 5.41) is 15.4. The van der Waals surface area contributed by atoms with Crippen molar-refractivity contribution in [2.24, 2.45) is 5.41 Å². The average molecular weight is 417 g/mol.